The molecule has 0 saturated heterocycles. The van der Waals surface area contributed by atoms with Gasteiger partial charge in [-0.15, -0.1) is 24.0 Å². The molecular weight excluding hydrogens is 445 g/mol. The van der Waals surface area contributed by atoms with Crippen LogP contribution in [0.2, 0.25) is 0 Å². The molecule has 0 heterocycles. The summed E-state index contributed by atoms with van der Waals surface area (Å²) in [6, 6.07) is 12.9. The molecule has 7 heteroatoms. The second-order valence-electron chi connectivity index (χ2n) is 5.36. The van der Waals surface area contributed by atoms with Crippen LogP contribution in [-0.4, -0.2) is 31.8 Å². The van der Waals surface area contributed by atoms with E-state index in [9.17, 15) is 5.11 Å². The lowest BCUT2D eigenvalue weighted by atomic mass is 10.2. The molecule has 0 aliphatic carbocycles. The molecule has 3 N–H and O–H groups in total. The van der Waals surface area contributed by atoms with E-state index in [-0.39, 0.29) is 29.7 Å². The highest BCUT2D eigenvalue weighted by Gasteiger charge is 2.06. The number of ether oxygens (including phenoxy) is 2. The van der Waals surface area contributed by atoms with Gasteiger partial charge in [-0.1, -0.05) is 18.2 Å². The Labute approximate surface area is 171 Å². The summed E-state index contributed by atoms with van der Waals surface area (Å²) < 4.78 is 10.6. The summed E-state index contributed by atoms with van der Waals surface area (Å²) in [6.07, 6.45) is 0. The van der Waals surface area contributed by atoms with Crippen molar-refractivity contribution in [3.63, 3.8) is 0 Å². The zero-order valence-corrected chi connectivity index (χ0v) is 17.6. The first-order valence-corrected chi connectivity index (χ1v) is 8.17. The molecule has 0 bridgehead atoms. The minimum absolute atomic E-state index is 0. The van der Waals surface area contributed by atoms with Crippen LogP contribution < -0.4 is 20.1 Å². The predicted octanol–water partition coefficient (Wildman–Crippen LogP) is 3.28. The van der Waals surface area contributed by atoms with Crippen molar-refractivity contribution in [3.05, 3.63) is 53.6 Å². The number of phenols is 1. The third-order valence-corrected chi connectivity index (χ3v) is 3.68. The van der Waals surface area contributed by atoms with E-state index >= 15 is 0 Å². The van der Waals surface area contributed by atoms with E-state index in [2.05, 4.69) is 15.6 Å². The second kappa shape index (κ2) is 11.5. The average Bonchev–Trinajstić information content (AvgIpc) is 2.65. The maximum absolute atomic E-state index is 9.97. The molecule has 2 rings (SSSR count). The summed E-state index contributed by atoms with van der Waals surface area (Å²) in [5, 5.41) is 16.4. The Bertz CT molecular complexity index is 723. The Hall–Kier alpha value is -2.16. The number of nitrogens with one attached hydrogen (secondary N) is 2. The minimum Gasteiger partial charge on any atom is -0.508 e. The van der Waals surface area contributed by atoms with Gasteiger partial charge in [-0.25, -0.2) is 4.99 Å². The molecule has 0 amide bonds. The van der Waals surface area contributed by atoms with Gasteiger partial charge in [0.15, 0.2) is 5.96 Å². The number of phenolic OH excluding ortho intramolecular Hbond substituents is 1. The lowest BCUT2D eigenvalue weighted by Crippen LogP contribution is -2.36. The number of rotatable bonds is 7. The van der Waals surface area contributed by atoms with E-state index in [1.54, 1.807) is 32.4 Å². The second-order valence-corrected chi connectivity index (χ2v) is 5.36. The number of halogens is 1. The van der Waals surface area contributed by atoms with Gasteiger partial charge in [-0.3, -0.25) is 0 Å². The number of guanidine groups is 1. The summed E-state index contributed by atoms with van der Waals surface area (Å²) in [4.78, 5) is 4.53. The molecule has 0 radical (unpaired) electrons. The van der Waals surface area contributed by atoms with Gasteiger partial charge in [0.25, 0.3) is 0 Å². The van der Waals surface area contributed by atoms with Crippen molar-refractivity contribution >= 4 is 29.9 Å². The maximum Gasteiger partial charge on any atom is 0.191 e. The Kier molecular flexibility index (Phi) is 9.64. The highest BCUT2D eigenvalue weighted by atomic mass is 127. The standard InChI is InChI=1S/C19H25N3O3.HI/c1-4-20-19(21-12-14-7-5-6-8-18(14)25-3)22-13-15-11-16(24-2)9-10-17(15)23;/h5-11,23H,4,12-13H2,1-3H3,(H2,20,21,22);1H. The molecule has 0 aromatic heterocycles. The first kappa shape index (κ1) is 21.9. The van der Waals surface area contributed by atoms with Crippen molar-refractivity contribution in [3.8, 4) is 17.2 Å². The Morgan fingerprint density at radius 3 is 2.50 bits per heavy atom. The molecule has 0 atom stereocenters. The van der Waals surface area contributed by atoms with Gasteiger partial charge in [-0.2, -0.15) is 0 Å². The summed E-state index contributed by atoms with van der Waals surface area (Å²) in [7, 11) is 3.25. The minimum atomic E-state index is 0. The van der Waals surface area contributed by atoms with E-state index < -0.39 is 0 Å². The molecule has 0 unspecified atom stereocenters. The predicted molar refractivity (Wildman–Crippen MR) is 115 cm³/mol. The fourth-order valence-electron chi connectivity index (χ4n) is 2.35. The van der Waals surface area contributed by atoms with Crippen molar-refractivity contribution < 1.29 is 14.6 Å². The molecular formula is C19H26IN3O3. The first-order chi connectivity index (χ1) is 12.2. The molecule has 0 aliphatic heterocycles. The van der Waals surface area contributed by atoms with E-state index in [0.29, 0.717) is 30.4 Å². The number of aromatic hydroxyl groups is 1. The molecule has 0 spiro atoms. The molecule has 0 aliphatic rings. The van der Waals surface area contributed by atoms with Gasteiger partial charge >= 0.3 is 0 Å². The normalized spacial score (nSPS) is 10.7. The number of methoxy groups -OCH3 is 2. The summed E-state index contributed by atoms with van der Waals surface area (Å²) >= 11 is 0. The molecule has 26 heavy (non-hydrogen) atoms. The monoisotopic (exact) mass is 471 g/mol. The summed E-state index contributed by atoms with van der Waals surface area (Å²) in [5.41, 5.74) is 1.74. The van der Waals surface area contributed by atoms with Crippen LogP contribution in [0.3, 0.4) is 0 Å². The highest BCUT2D eigenvalue weighted by molar-refractivity contribution is 14.0. The smallest absolute Gasteiger partial charge is 0.191 e. The van der Waals surface area contributed by atoms with Crippen molar-refractivity contribution in [2.75, 3.05) is 20.8 Å². The van der Waals surface area contributed by atoms with Crippen molar-refractivity contribution in [1.29, 1.82) is 0 Å². The molecule has 142 valence electrons. The van der Waals surface area contributed by atoms with Gasteiger partial charge in [0, 0.05) is 24.2 Å². The largest absolute Gasteiger partial charge is 0.508 e. The molecule has 6 nitrogen and oxygen atoms in total. The number of para-hydroxylation sites is 1. The van der Waals surface area contributed by atoms with E-state index in [0.717, 1.165) is 17.9 Å². The third kappa shape index (κ3) is 6.29. The summed E-state index contributed by atoms with van der Waals surface area (Å²) in [5.74, 6) is 2.38. The number of nitrogens with zero attached hydrogens (tertiary/aromatic N) is 1. The van der Waals surface area contributed by atoms with Gasteiger partial charge in [0.05, 0.1) is 20.8 Å². The molecule has 2 aromatic carbocycles. The zero-order chi connectivity index (χ0) is 18.1. The Morgan fingerprint density at radius 2 is 1.81 bits per heavy atom. The van der Waals surface area contributed by atoms with E-state index in [1.165, 1.54) is 0 Å². The van der Waals surface area contributed by atoms with Crippen LogP contribution in [0.15, 0.2) is 47.5 Å². The Morgan fingerprint density at radius 1 is 1.04 bits per heavy atom. The topological polar surface area (TPSA) is 75.1 Å². The SMILES string of the molecule is CCNC(=NCc1cc(OC)ccc1O)NCc1ccccc1OC.I. The number of aliphatic imine (C=N–C) groups is 1. The van der Waals surface area contributed by atoms with Crippen molar-refractivity contribution in [1.82, 2.24) is 10.6 Å². The van der Waals surface area contributed by atoms with Crippen LogP contribution in [0, 0.1) is 0 Å². The molecule has 2 aromatic rings. The zero-order valence-electron chi connectivity index (χ0n) is 15.3. The van der Waals surface area contributed by atoms with Crippen LogP contribution in [0.1, 0.15) is 18.1 Å². The van der Waals surface area contributed by atoms with Crippen LogP contribution in [0.4, 0.5) is 0 Å². The quantitative estimate of drug-likeness (QED) is 0.329. The van der Waals surface area contributed by atoms with E-state index in [1.807, 2.05) is 31.2 Å². The van der Waals surface area contributed by atoms with Crippen molar-refractivity contribution in [2.24, 2.45) is 4.99 Å². The molecule has 0 saturated carbocycles. The number of hydrogen-bond acceptors (Lipinski definition) is 4. The van der Waals surface area contributed by atoms with E-state index in [4.69, 9.17) is 9.47 Å². The summed E-state index contributed by atoms with van der Waals surface area (Å²) in [6.45, 7) is 3.66. The highest BCUT2D eigenvalue weighted by Crippen LogP contribution is 2.23. The van der Waals surface area contributed by atoms with Crippen LogP contribution in [-0.2, 0) is 13.1 Å². The van der Waals surface area contributed by atoms with Gasteiger partial charge in [0.2, 0.25) is 0 Å². The van der Waals surface area contributed by atoms with Gasteiger partial charge in [0.1, 0.15) is 17.2 Å². The molecule has 0 fully saturated rings. The Balaban J connectivity index is 0.00000338. The maximum atomic E-state index is 9.97. The lowest BCUT2D eigenvalue weighted by Gasteiger charge is -2.13. The number of hydrogen-bond donors (Lipinski definition) is 3. The third-order valence-electron chi connectivity index (χ3n) is 3.68. The fourth-order valence-corrected chi connectivity index (χ4v) is 2.35. The van der Waals surface area contributed by atoms with Crippen LogP contribution in [0.25, 0.3) is 0 Å². The fraction of sp³-hybridized carbons (Fsp3) is 0.316. The number of benzene rings is 2. The van der Waals surface area contributed by atoms with Crippen LogP contribution in [0.5, 0.6) is 17.2 Å². The van der Waals surface area contributed by atoms with Gasteiger partial charge in [-0.05, 0) is 31.2 Å². The van der Waals surface area contributed by atoms with Gasteiger partial charge < -0.3 is 25.2 Å². The average molecular weight is 471 g/mol. The van der Waals surface area contributed by atoms with Crippen molar-refractivity contribution in [2.45, 2.75) is 20.0 Å². The van der Waals surface area contributed by atoms with Crippen LogP contribution >= 0.6 is 24.0 Å². The lowest BCUT2D eigenvalue weighted by molar-refractivity contribution is 0.409. The first-order valence-electron chi connectivity index (χ1n) is 8.17.